The number of hydrogen-bond donors (Lipinski definition) is 0. The third kappa shape index (κ3) is 1.65. The number of nitrogens with zero attached hydrogens (tertiary/aromatic N) is 1. The highest BCUT2D eigenvalue weighted by Crippen LogP contribution is 2.55. The number of esters is 1. The Balaban J connectivity index is 1.74. The van der Waals surface area contributed by atoms with Gasteiger partial charge in [-0.3, -0.25) is 9.69 Å². The van der Waals surface area contributed by atoms with E-state index in [4.69, 9.17) is 4.74 Å². The Morgan fingerprint density at radius 3 is 2.85 bits per heavy atom. The SMILES string of the molecule is CCC1C2CCCCN3CCC(C4C(C)C(=O)OC14)C23. The van der Waals surface area contributed by atoms with Gasteiger partial charge in [0.2, 0.25) is 0 Å². The molecule has 0 aromatic heterocycles. The Labute approximate surface area is 122 Å². The summed E-state index contributed by atoms with van der Waals surface area (Å²) < 4.78 is 5.86. The summed E-state index contributed by atoms with van der Waals surface area (Å²) >= 11 is 0. The van der Waals surface area contributed by atoms with Gasteiger partial charge < -0.3 is 4.74 Å². The third-order valence-corrected chi connectivity index (χ3v) is 6.80. The Kier molecular flexibility index (Phi) is 3.10. The Bertz CT molecular complexity index is 410. The van der Waals surface area contributed by atoms with E-state index in [-0.39, 0.29) is 18.0 Å². The van der Waals surface area contributed by atoms with Crippen LogP contribution in [-0.2, 0) is 9.53 Å². The average Bonchev–Trinajstić information content (AvgIpc) is 2.89. The van der Waals surface area contributed by atoms with Crippen LogP contribution in [0, 0.1) is 29.6 Å². The minimum Gasteiger partial charge on any atom is -0.462 e. The molecule has 3 saturated heterocycles. The van der Waals surface area contributed by atoms with Crippen molar-refractivity contribution < 1.29 is 9.53 Å². The monoisotopic (exact) mass is 277 g/mol. The van der Waals surface area contributed by atoms with Crippen molar-refractivity contribution in [2.75, 3.05) is 13.1 Å². The third-order valence-electron chi connectivity index (χ3n) is 6.80. The van der Waals surface area contributed by atoms with Gasteiger partial charge in [-0.25, -0.2) is 0 Å². The second-order valence-corrected chi connectivity index (χ2v) is 7.48. The quantitative estimate of drug-likeness (QED) is 0.690. The smallest absolute Gasteiger partial charge is 0.309 e. The van der Waals surface area contributed by atoms with Crippen LogP contribution in [0.15, 0.2) is 0 Å². The van der Waals surface area contributed by atoms with Crippen molar-refractivity contribution >= 4 is 5.97 Å². The summed E-state index contributed by atoms with van der Waals surface area (Å²) in [7, 11) is 0. The number of carbonyl (C=O) groups excluding carboxylic acids is 1. The molecule has 1 aliphatic carbocycles. The van der Waals surface area contributed by atoms with Crippen LogP contribution in [0.3, 0.4) is 0 Å². The van der Waals surface area contributed by atoms with Crippen LogP contribution in [0.25, 0.3) is 0 Å². The van der Waals surface area contributed by atoms with Crippen LogP contribution < -0.4 is 0 Å². The van der Waals surface area contributed by atoms with Crippen molar-refractivity contribution in [2.45, 2.75) is 58.1 Å². The van der Waals surface area contributed by atoms with E-state index in [1.54, 1.807) is 0 Å². The normalized spacial score (nSPS) is 51.3. The molecule has 3 heterocycles. The van der Waals surface area contributed by atoms with E-state index in [0.717, 1.165) is 12.0 Å². The molecule has 112 valence electrons. The first-order valence-electron chi connectivity index (χ1n) is 8.67. The van der Waals surface area contributed by atoms with Crippen LogP contribution in [-0.4, -0.2) is 36.1 Å². The van der Waals surface area contributed by atoms with Gasteiger partial charge in [0.05, 0.1) is 5.92 Å². The molecule has 0 radical (unpaired) electrons. The minimum atomic E-state index is 0.0772. The molecule has 4 aliphatic rings. The molecule has 7 atom stereocenters. The van der Waals surface area contributed by atoms with Crippen molar-refractivity contribution in [3.63, 3.8) is 0 Å². The van der Waals surface area contributed by atoms with Crippen molar-refractivity contribution in [3.8, 4) is 0 Å². The fourth-order valence-corrected chi connectivity index (χ4v) is 6.04. The first-order valence-corrected chi connectivity index (χ1v) is 8.67. The molecule has 4 rings (SSSR count). The molecule has 0 bridgehead atoms. The zero-order valence-corrected chi connectivity index (χ0v) is 12.8. The van der Waals surface area contributed by atoms with Gasteiger partial charge >= 0.3 is 5.97 Å². The maximum Gasteiger partial charge on any atom is 0.309 e. The maximum atomic E-state index is 12.1. The van der Waals surface area contributed by atoms with E-state index in [1.807, 2.05) is 0 Å². The predicted octanol–water partition coefficient (Wildman–Crippen LogP) is 2.69. The van der Waals surface area contributed by atoms with Crippen LogP contribution in [0.1, 0.15) is 46.0 Å². The van der Waals surface area contributed by atoms with E-state index in [9.17, 15) is 4.79 Å². The summed E-state index contributed by atoms with van der Waals surface area (Å²) in [6.07, 6.45) is 6.77. The summed E-state index contributed by atoms with van der Waals surface area (Å²) in [5.41, 5.74) is 0. The van der Waals surface area contributed by atoms with Crippen LogP contribution in [0.5, 0.6) is 0 Å². The van der Waals surface area contributed by atoms with Gasteiger partial charge in [-0.1, -0.05) is 20.3 Å². The number of ether oxygens (including phenoxy) is 1. The summed E-state index contributed by atoms with van der Waals surface area (Å²) in [5.74, 6) is 2.80. The highest BCUT2D eigenvalue weighted by atomic mass is 16.6. The van der Waals surface area contributed by atoms with E-state index < -0.39 is 0 Å². The first-order chi connectivity index (χ1) is 9.72. The maximum absolute atomic E-state index is 12.1. The van der Waals surface area contributed by atoms with Crippen LogP contribution in [0.2, 0.25) is 0 Å². The minimum absolute atomic E-state index is 0.0772. The Morgan fingerprint density at radius 2 is 2.05 bits per heavy atom. The fraction of sp³-hybridized carbons (Fsp3) is 0.941. The second kappa shape index (κ2) is 4.72. The highest BCUT2D eigenvalue weighted by Gasteiger charge is 2.60. The van der Waals surface area contributed by atoms with Gasteiger partial charge in [0.15, 0.2) is 0 Å². The average molecular weight is 277 g/mol. The van der Waals surface area contributed by atoms with E-state index in [0.29, 0.717) is 17.8 Å². The molecule has 3 aliphatic heterocycles. The number of rotatable bonds is 1. The molecule has 20 heavy (non-hydrogen) atoms. The second-order valence-electron chi connectivity index (χ2n) is 7.48. The van der Waals surface area contributed by atoms with Crippen LogP contribution >= 0.6 is 0 Å². The van der Waals surface area contributed by atoms with E-state index in [2.05, 4.69) is 18.7 Å². The van der Waals surface area contributed by atoms with Crippen LogP contribution in [0.4, 0.5) is 0 Å². The molecule has 7 unspecified atom stereocenters. The molecule has 0 aromatic carbocycles. The molecule has 0 spiro atoms. The Hall–Kier alpha value is -0.570. The number of carbonyl (C=O) groups is 1. The van der Waals surface area contributed by atoms with Gasteiger partial charge in [0.1, 0.15) is 6.10 Å². The predicted molar refractivity (Wildman–Crippen MR) is 77.1 cm³/mol. The molecule has 0 amide bonds. The summed E-state index contributed by atoms with van der Waals surface area (Å²) in [6.45, 7) is 6.95. The lowest BCUT2D eigenvalue weighted by Crippen LogP contribution is -2.53. The summed E-state index contributed by atoms with van der Waals surface area (Å²) in [6, 6.07) is 0.751. The van der Waals surface area contributed by atoms with Gasteiger partial charge in [-0.05, 0) is 50.6 Å². The molecular weight excluding hydrogens is 250 g/mol. The molecule has 3 nitrogen and oxygen atoms in total. The lowest BCUT2D eigenvalue weighted by atomic mass is 9.60. The van der Waals surface area contributed by atoms with E-state index in [1.165, 1.54) is 45.2 Å². The molecule has 1 saturated carbocycles. The molecule has 0 aromatic rings. The van der Waals surface area contributed by atoms with Gasteiger partial charge in [0, 0.05) is 17.9 Å². The summed E-state index contributed by atoms with van der Waals surface area (Å²) in [5, 5.41) is 0. The standard InChI is InChI=1S/C17H27NO2/c1-3-11-12-6-4-5-8-18-9-7-13(15(12)18)14-10(2)17(19)20-16(11)14/h10-16H,3-9H2,1-2H3. The molecular formula is C17H27NO2. The fourth-order valence-electron chi connectivity index (χ4n) is 6.04. The number of hydrogen-bond acceptors (Lipinski definition) is 3. The highest BCUT2D eigenvalue weighted by molar-refractivity contribution is 5.75. The molecule has 3 heteroatoms. The Morgan fingerprint density at radius 1 is 1.20 bits per heavy atom. The molecule has 4 fully saturated rings. The zero-order valence-electron chi connectivity index (χ0n) is 12.8. The summed E-state index contributed by atoms with van der Waals surface area (Å²) in [4.78, 5) is 14.9. The molecule has 0 N–H and O–H groups in total. The number of fused-ring (bicyclic) bond motifs is 2. The van der Waals surface area contributed by atoms with Crippen molar-refractivity contribution in [2.24, 2.45) is 29.6 Å². The van der Waals surface area contributed by atoms with Crippen molar-refractivity contribution in [3.05, 3.63) is 0 Å². The lowest BCUT2D eigenvalue weighted by molar-refractivity contribution is -0.148. The largest absolute Gasteiger partial charge is 0.462 e. The van der Waals surface area contributed by atoms with Gasteiger partial charge in [-0.15, -0.1) is 0 Å². The van der Waals surface area contributed by atoms with E-state index >= 15 is 0 Å². The first kappa shape index (κ1) is 13.1. The van der Waals surface area contributed by atoms with Crippen molar-refractivity contribution in [1.82, 2.24) is 4.90 Å². The topological polar surface area (TPSA) is 29.5 Å². The van der Waals surface area contributed by atoms with Gasteiger partial charge in [-0.2, -0.15) is 0 Å². The van der Waals surface area contributed by atoms with Crippen molar-refractivity contribution in [1.29, 1.82) is 0 Å². The van der Waals surface area contributed by atoms with Gasteiger partial charge in [0.25, 0.3) is 0 Å². The lowest BCUT2D eigenvalue weighted by Gasteiger charge is -2.48. The zero-order chi connectivity index (χ0) is 13.9.